The number of halogens is 1. The molecule has 0 spiro atoms. The SMILES string of the molecule is O=C(c1ccc(F)nc1)C1CCN([C@H]2Cc3ccccc3C[C@@H]2O)CC1. The number of hydrogen-bond donors (Lipinski definition) is 1. The van der Waals surface area contributed by atoms with E-state index in [9.17, 15) is 14.3 Å². The van der Waals surface area contributed by atoms with Gasteiger partial charge in [-0.15, -0.1) is 0 Å². The van der Waals surface area contributed by atoms with Crippen LogP contribution in [-0.4, -0.2) is 46.0 Å². The third-order valence-corrected chi connectivity index (χ3v) is 5.80. The van der Waals surface area contributed by atoms with Crippen LogP contribution in [0.2, 0.25) is 0 Å². The van der Waals surface area contributed by atoms with Gasteiger partial charge < -0.3 is 5.11 Å². The monoisotopic (exact) mass is 354 g/mol. The van der Waals surface area contributed by atoms with E-state index in [0.29, 0.717) is 12.0 Å². The van der Waals surface area contributed by atoms with Gasteiger partial charge in [0, 0.05) is 30.1 Å². The summed E-state index contributed by atoms with van der Waals surface area (Å²) in [5.74, 6) is -0.568. The third-order valence-electron chi connectivity index (χ3n) is 5.80. The maximum atomic E-state index is 12.9. The van der Waals surface area contributed by atoms with Gasteiger partial charge in [0.05, 0.1) is 6.10 Å². The van der Waals surface area contributed by atoms with Gasteiger partial charge in [-0.1, -0.05) is 24.3 Å². The molecule has 4 nitrogen and oxygen atoms in total. The lowest BCUT2D eigenvalue weighted by atomic mass is 9.83. The molecule has 2 heterocycles. The van der Waals surface area contributed by atoms with Crippen LogP contribution in [0.25, 0.3) is 0 Å². The van der Waals surface area contributed by atoms with E-state index in [-0.39, 0.29) is 23.8 Å². The topological polar surface area (TPSA) is 53.4 Å². The number of hydrogen-bond acceptors (Lipinski definition) is 4. The Morgan fingerprint density at radius 2 is 1.77 bits per heavy atom. The summed E-state index contributed by atoms with van der Waals surface area (Å²) in [7, 11) is 0. The van der Waals surface area contributed by atoms with Crippen LogP contribution in [0.4, 0.5) is 4.39 Å². The fourth-order valence-electron chi connectivity index (χ4n) is 4.30. The fraction of sp³-hybridized carbons (Fsp3) is 0.429. The highest BCUT2D eigenvalue weighted by molar-refractivity contribution is 5.97. The molecule has 0 saturated carbocycles. The average molecular weight is 354 g/mol. The highest BCUT2D eigenvalue weighted by atomic mass is 19.1. The van der Waals surface area contributed by atoms with E-state index >= 15 is 0 Å². The highest BCUT2D eigenvalue weighted by Gasteiger charge is 2.35. The van der Waals surface area contributed by atoms with Gasteiger partial charge >= 0.3 is 0 Å². The van der Waals surface area contributed by atoms with Gasteiger partial charge in [0.15, 0.2) is 5.78 Å². The summed E-state index contributed by atoms with van der Waals surface area (Å²) in [5, 5.41) is 10.6. The molecule has 1 saturated heterocycles. The maximum Gasteiger partial charge on any atom is 0.212 e. The van der Waals surface area contributed by atoms with Crippen LogP contribution in [0.15, 0.2) is 42.6 Å². The van der Waals surface area contributed by atoms with Crippen molar-refractivity contribution in [2.75, 3.05) is 13.1 Å². The molecule has 1 aromatic carbocycles. The van der Waals surface area contributed by atoms with Crippen LogP contribution in [0, 0.1) is 11.9 Å². The molecule has 2 aromatic rings. The molecule has 0 amide bonds. The molecule has 0 bridgehead atoms. The molecule has 136 valence electrons. The summed E-state index contributed by atoms with van der Waals surface area (Å²) in [4.78, 5) is 18.5. The second kappa shape index (κ2) is 7.25. The molecule has 1 aliphatic heterocycles. The second-order valence-corrected chi connectivity index (χ2v) is 7.36. The number of aromatic nitrogens is 1. The number of nitrogens with zero attached hydrogens (tertiary/aromatic N) is 2. The van der Waals surface area contributed by atoms with Crippen molar-refractivity contribution in [3.05, 3.63) is 65.2 Å². The average Bonchev–Trinajstić information content (AvgIpc) is 2.68. The predicted molar refractivity (Wildman–Crippen MR) is 96.5 cm³/mol. The van der Waals surface area contributed by atoms with Gasteiger partial charge in [-0.25, -0.2) is 4.98 Å². The van der Waals surface area contributed by atoms with Gasteiger partial charge in [0.1, 0.15) is 0 Å². The molecular formula is C21H23FN2O2. The number of fused-ring (bicyclic) bond motifs is 1. The largest absolute Gasteiger partial charge is 0.391 e. The Labute approximate surface area is 152 Å². The number of aliphatic hydroxyl groups excluding tert-OH is 1. The second-order valence-electron chi connectivity index (χ2n) is 7.36. The molecule has 2 aliphatic rings. The van der Waals surface area contributed by atoms with E-state index in [1.54, 1.807) is 0 Å². The summed E-state index contributed by atoms with van der Waals surface area (Å²) in [6.45, 7) is 1.60. The van der Waals surface area contributed by atoms with Crippen LogP contribution in [0.5, 0.6) is 0 Å². The van der Waals surface area contributed by atoms with E-state index in [1.165, 1.54) is 29.5 Å². The van der Waals surface area contributed by atoms with E-state index in [2.05, 4.69) is 28.1 Å². The highest BCUT2D eigenvalue weighted by Crippen LogP contribution is 2.29. The first-order valence-electron chi connectivity index (χ1n) is 9.26. The molecule has 26 heavy (non-hydrogen) atoms. The standard InChI is InChI=1S/C21H23FN2O2/c22-20-6-5-17(13-23-20)21(26)14-7-9-24(10-8-14)18-11-15-3-1-2-4-16(15)12-19(18)25/h1-6,13-14,18-19,25H,7-12H2/t18-,19-/m0/s1. The Balaban J connectivity index is 1.39. The number of Topliss-reactive ketones (excluding diaryl/α,β-unsaturated/α-hetero) is 1. The number of benzene rings is 1. The lowest BCUT2D eigenvalue weighted by Crippen LogP contribution is -2.51. The van der Waals surface area contributed by atoms with Crippen molar-refractivity contribution < 1.29 is 14.3 Å². The van der Waals surface area contributed by atoms with Crippen molar-refractivity contribution in [3.8, 4) is 0 Å². The van der Waals surface area contributed by atoms with Crippen LogP contribution >= 0.6 is 0 Å². The molecule has 0 radical (unpaired) electrons. The summed E-state index contributed by atoms with van der Waals surface area (Å²) in [6.07, 6.45) is 4.05. The zero-order chi connectivity index (χ0) is 18.1. The number of piperidine rings is 1. The van der Waals surface area contributed by atoms with Crippen LogP contribution in [0.1, 0.15) is 34.3 Å². The molecule has 5 heteroatoms. The summed E-state index contributed by atoms with van der Waals surface area (Å²) < 4.78 is 12.9. The Kier molecular flexibility index (Phi) is 4.83. The molecule has 0 unspecified atom stereocenters. The Morgan fingerprint density at radius 1 is 1.08 bits per heavy atom. The number of rotatable bonds is 3. The number of aliphatic hydroxyl groups is 1. The molecule has 4 rings (SSSR count). The van der Waals surface area contributed by atoms with E-state index in [0.717, 1.165) is 32.4 Å². The van der Waals surface area contributed by atoms with Crippen molar-refractivity contribution in [1.29, 1.82) is 0 Å². The van der Waals surface area contributed by atoms with Crippen molar-refractivity contribution in [2.24, 2.45) is 5.92 Å². The fourth-order valence-corrected chi connectivity index (χ4v) is 4.30. The Morgan fingerprint density at radius 3 is 2.42 bits per heavy atom. The van der Waals surface area contributed by atoms with Crippen molar-refractivity contribution in [2.45, 2.75) is 37.8 Å². The molecular weight excluding hydrogens is 331 g/mol. The van der Waals surface area contributed by atoms with Gasteiger partial charge in [0.2, 0.25) is 5.95 Å². The number of carbonyl (C=O) groups excluding carboxylic acids is 1. The van der Waals surface area contributed by atoms with Crippen molar-refractivity contribution in [3.63, 3.8) is 0 Å². The van der Waals surface area contributed by atoms with Gasteiger partial charge in [-0.3, -0.25) is 9.69 Å². The van der Waals surface area contributed by atoms with Gasteiger partial charge in [-0.05, 0) is 55.6 Å². The minimum Gasteiger partial charge on any atom is -0.391 e. The Bertz CT molecular complexity index is 785. The summed E-state index contributed by atoms with van der Waals surface area (Å²) in [5.41, 5.74) is 3.04. The van der Waals surface area contributed by atoms with Gasteiger partial charge in [-0.2, -0.15) is 4.39 Å². The predicted octanol–water partition coefficient (Wildman–Crippen LogP) is 2.64. The lowest BCUT2D eigenvalue weighted by molar-refractivity contribution is 0.0239. The number of ketones is 1. The lowest BCUT2D eigenvalue weighted by Gasteiger charge is -2.41. The van der Waals surface area contributed by atoms with E-state index in [1.807, 2.05) is 6.07 Å². The van der Waals surface area contributed by atoms with Crippen molar-refractivity contribution in [1.82, 2.24) is 9.88 Å². The minimum atomic E-state index is -0.567. The van der Waals surface area contributed by atoms with E-state index in [4.69, 9.17) is 0 Å². The number of carbonyl (C=O) groups is 1. The third kappa shape index (κ3) is 3.41. The summed E-state index contributed by atoms with van der Waals surface area (Å²) >= 11 is 0. The molecule has 2 atom stereocenters. The molecule has 1 N–H and O–H groups in total. The zero-order valence-corrected chi connectivity index (χ0v) is 14.6. The van der Waals surface area contributed by atoms with Gasteiger partial charge in [0.25, 0.3) is 0 Å². The first-order valence-corrected chi connectivity index (χ1v) is 9.26. The molecule has 1 aromatic heterocycles. The minimum absolute atomic E-state index is 0.0479. The summed E-state index contributed by atoms with van der Waals surface area (Å²) in [6, 6.07) is 11.2. The smallest absolute Gasteiger partial charge is 0.212 e. The van der Waals surface area contributed by atoms with E-state index < -0.39 is 5.95 Å². The number of likely N-dealkylation sites (tertiary alicyclic amines) is 1. The normalized spacial score (nSPS) is 24.2. The zero-order valence-electron chi connectivity index (χ0n) is 14.6. The quantitative estimate of drug-likeness (QED) is 0.680. The number of pyridine rings is 1. The van der Waals surface area contributed by atoms with Crippen LogP contribution in [0.3, 0.4) is 0 Å². The Hall–Kier alpha value is -2.11. The van der Waals surface area contributed by atoms with Crippen molar-refractivity contribution >= 4 is 5.78 Å². The first-order chi connectivity index (χ1) is 12.6. The molecule has 1 aliphatic carbocycles. The molecule has 1 fully saturated rings. The van der Waals surface area contributed by atoms with Crippen LogP contribution in [-0.2, 0) is 12.8 Å². The maximum absolute atomic E-state index is 12.9. The first kappa shape index (κ1) is 17.3. The van der Waals surface area contributed by atoms with Crippen LogP contribution < -0.4 is 0 Å².